The Morgan fingerprint density at radius 2 is 1.69 bits per heavy atom. The molecule has 4 rings (SSSR count). The summed E-state index contributed by atoms with van der Waals surface area (Å²) in [5, 5.41) is 25.7. The number of para-hydroxylation sites is 1. The zero-order valence-corrected chi connectivity index (χ0v) is 18.1. The fourth-order valence-corrected chi connectivity index (χ4v) is 3.60. The molecule has 0 fully saturated rings. The average Bonchev–Trinajstić information content (AvgIpc) is 2.79. The third-order valence-electron chi connectivity index (χ3n) is 4.92. The number of ether oxygens (including phenoxy) is 1. The Labute approximate surface area is 189 Å². The van der Waals surface area contributed by atoms with E-state index in [0.717, 1.165) is 0 Å². The molecular formula is C24H22ClN3O4+2. The van der Waals surface area contributed by atoms with Crippen LogP contribution in [-0.4, -0.2) is 22.7 Å². The maximum atomic E-state index is 12.8. The number of nitrogens with zero attached hydrogens (tertiary/aromatic N) is 2. The Morgan fingerprint density at radius 3 is 2.38 bits per heavy atom. The molecule has 0 aliphatic heterocycles. The summed E-state index contributed by atoms with van der Waals surface area (Å²) in [6, 6.07) is 20.4. The number of halogens is 1. The first-order chi connectivity index (χ1) is 15.5. The molecule has 0 saturated carbocycles. The molecular weight excluding hydrogens is 430 g/mol. The molecule has 32 heavy (non-hydrogen) atoms. The molecule has 0 unspecified atom stereocenters. The van der Waals surface area contributed by atoms with E-state index < -0.39 is 0 Å². The van der Waals surface area contributed by atoms with Gasteiger partial charge in [-0.2, -0.15) is 0 Å². The van der Waals surface area contributed by atoms with Crippen LogP contribution in [0.3, 0.4) is 0 Å². The van der Waals surface area contributed by atoms with Gasteiger partial charge in [-0.1, -0.05) is 28.3 Å². The van der Waals surface area contributed by atoms with E-state index >= 15 is 0 Å². The van der Waals surface area contributed by atoms with Crippen LogP contribution in [0.2, 0.25) is 5.02 Å². The maximum Gasteiger partial charge on any atom is 0.638 e. The van der Waals surface area contributed by atoms with Gasteiger partial charge in [0.25, 0.3) is 5.91 Å². The highest BCUT2D eigenvalue weighted by atomic mass is 35.5. The first kappa shape index (κ1) is 21.4. The van der Waals surface area contributed by atoms with Crippen LogP contribution in [0, 0.1) is 0 Å². The van der Waals surface area contributed by atoms with E-state index in [2.05, 4.69) is 5.32 Å². The number of anilines is 1. The maximum absolute atomic E-state index is 12.8. The molecule has 0 radical (unpaired) electrons. The van der Waals surface area contributed by atoms with E-state index in [1.54, 1.807) is 72.8 Å². The summed E-state index contributed by atoms with van der Waals surface area (Å²) < 4.78 is 8.12. The van der Waals surface area contributed by atoms with Gasteiger partial charge in [-0.3, -0.25) is 4.79 Å². The molecule has 1 heterocycles. The van der Waals surface area contributed by atoms with E-state index in [1.165, 1.54) is 9.13 Å². The molecule has 8 heteroatoms. The number of amides is 1. The van der Waals surface area contributed by atoms with Crippen LogP contribution < -0.4 is 19.2 Å². The SMILES string of the molecule is CCOc1ccc(NC(=O)C[n+]2c(O)[n+](-c3ccc(Cl)cc3)c(O)c3ccccc32)cc1. The predicted octanol–water partition coefficient (Wildman–Crippen LogP) is 3.51. The molecule has 0 saturated heterocycles. The third kappa shape index (κ3) is 4.29. The van der Waals surface area contributed by atoms with Crippen LogP contribution >= 0.6 is 11.6 Å². The second-order valence-corrected chi connectivity index (χ2v) is 7.48. The molecule has 1 aromatic heterocycles. The largest absolute Gasteiger partial charge is 0.638 e. The number of rotatable bonds is 6. The van der Waals surface area contributed by atoms with Gasteiger partial charge in [-0.25, -0.2) is 0 Å². The highest BCUT2D eigenvalue weighted by Crippen LogP contribution is 2.23. The van der Waals surface area contributed by atoms with Gasteiger partial charge in [0, 0.05) is 28.9 Å². The second kappa shape index (κ2) is 9.11. The van der Waals surface area contributed by atoms with Crippen molar-refractivity contribution in [3.8, 4) is 23.3 Å². The predicted molar refractivity (Wildman–Crippen MR) is 120 cm³/mol. The van der Waals surface area contributed by atoms with Gasteiger partial charge >= 0.3 is 11.9 Å². The summed E-state index contributed by atoms with van der Waals surface area (Å²) >= 11 is 5.98. The van der Waals surface area contributed by atoms with Crippen molar-refractivity contribution in [2.75, 3.05) is 11.9 Å². The highest BCUT2D eigenvalue weighted by Gasteiger charge is 2.36. The lowest BCUT2D eigenvalue weighted by Crippen LogP contribution is -2.49. The summed E-state index contributed by atoms with van der Waals surface area (Å²) in [4.78, 5) is 12.8. The van der Waals surface area contributed by atoms with Crippen LogP contribution in [0.25, 0.3) is 16.6 Å². The van der Waals surface area contributed by atoms with Gasteiger partial charge in [-0.15, -0.1) is 0 Å². The average molecular weight is 452 g/mol. The normalized spacial score (nSPS) is 10.8. The molecule has 0 aliphatic carbocycles. The molecule has 4 aromatic rings. The molecule has 0 bridgehead atoms. The van der Waals surface area contributed by atoms with Gasteiger partial charge in [-0.05, 0) is 54.0 Å². The smallest absolute Gasteiger partial charge is 0.494 e. The van der Waals surface area contributed by atoms with Crippen molar-refractivity contribution in [2.24, 2.45) is 0 Å². The van der Waals surface area contributed by atoms with Crippen LogP contribution in [0.1, 0.15) is 6.92 Å². The molecule has 7 nitrogen and oxygen atoms in total. The Kier molecular flexibility index (Phi) is 6.09. The summed E-state index contributed by atoms with van der Waals surface area (Å²) in [5.41, 5.74) is 1.61. The van der Waals surface area contributed by atoms with Crippen molar-refractivity contribution in [3.05, 3.63) is 77.8 Å². The minimum absolute atomic E-state index is 0.149. The van der Waals surface area contributed by atoms with Crippen molar-refractivity contribution >= 4 is 34.1 Å². The minimum atomic E-state index is -0.340. The second-order valence-electron chi connectivity index (χ2n) is 7.04. The minimum Gasteiger partial charge on any atom is -0.494 e. The Balaban J connectivity index is 1.71. The lowest BCUT2D eigenvalue weighted by Gasteiger charge is -2.07. The molecule has 162 valence electrons. The molecule has 0 spiro atoms. The van der Waals surface area contributed by atoms with Crippen molar-refractivity contribution in [3.63, 3.8) is 0 Å². The molecule has 0 aliphatic rings. The van der Waals surface area contributed by atoms with Gasteiger partial charge in [0.1, 0.15) is 5.75 Å². The van der Waals surface area contributed by atoms with Crippen molar-refractivity contribution in [2.45, 2.75) is 13.5 Å². The molecule has 1 amide bonds. The number of aromatic nitrogens is 2. The monoisotopic (exact) mass is 451 g/mol. The summed E-state index contributed by atoms with van der Waals surface area (Å²) in [7, 11) is 0. The number of aromatic hydroxyl groups is 2. The van der Waals surface area contributed by atoms with E-state index in [-0.39, 0.29) is 24.3 Å². The lowest BCUT2D eigenvalue weighted by atomic mass is 10.2. The summed E-state index contributed by atoms with van der Waals surface area (Å²) in [6.45, 7) is 2.29. The standard InChI is InChI=1S/C24H20ClN3O4/c1-2-32-19-13-9-17(10-14-19)26-22(29)15-27-21-6-4-3-5-20(21)23(30)28(24(27)31)18-11-7-16(25)8-12-18/h3-14H,2,15H2,1H3,(H,26,29)/p+2. The van der Waals surface area contributed by atoms with Gasteiger partial charge in [0.2, 0.25) is 17.7 Å². The summed E-state index contributed by atoms with van der Waals surface area (Å²) in [5.74, 6) is 0.225. The van der Waals surface area contributed by atoms with Crippen LogP contribution in [0.4, 0.5) is 5.69 Å². The van der Waals surface area contributed by atoms with Gasteiger partial charge in [0.05, 0.1) is 6.61 Å². The van der Waals surface area contributed by atoms with Crippen molar-refractivity contribution in [1.82, 2.24) is 0 Å². The Hall–Kier alpha value is -3.84. The zero-order chi connectivity index (χ0) is 22.7. The number of carbonyl (C=O) groups is 1. The van der Waals surface area contributed by atoms with E-state index in [9.17, 15) is 15.0 Å². The Morgan fingerprint density at radius 1 is 1.00 bits per heavy atom. The summed E-state index contributed by atoms with van der Waals surface area (Å²) in [6.07, 6.45) is 0. The quantitative estimate of drug-likeness (QED) is 0.391. The number of nitrogens with one attached hydrogen (secondary N) is 1. The topological polar surface area (TPSA) is 86.5 Å². The van der Waals surface area contributed by atoms with Crippen molar-refractivity contribution in [1.29, 1.82) is 0 Å². The molecule has 0 atom stereocenters. The lowest BCUT2D eigenvalue weighted by molar-refractivity contribution is -0.774. The van der Waals surface area contributed by atoms with Crippen LogP contribution in [-0.2, 0) is 11.3 Å². The van der Waals surface area contributed by atoms with Crippen LogP contribution in [0.5, 0.6) is 17.6 Å². The van der Waals surface area contributed by atoms with E-state index in [1.807, 2.05) is 6.92 Å². The first-order valence-corrected chi connectivity index (χ1v) is 10.4. The van der Waals surface area contributed by atoms with E-state index in [0.29, 0.717) is 39.7 Å². The zero-order valence-electron chi connectivity index (χ0n) is 17.3. The third-order valence-corrected chi connectivity index (χ3v) is 5.18. The fourth-order valence-electron chi connectivity index (χ4n) is 3.47. The van der Waals surface area contributed by atoms with Crippen molar-refractivity contribution < 1.29 is 28.9 Å². The van der Waals surface area contributed by atoms with Gasteiger partial charge < -0.3 is 20.3 Å². The van der Waals surface area contributed by atoms with Crippen LogP contribution in [0.15, 0.2) is 72.8 Å². The number of fused-ring (bicyclic) bond motifs is 1. The fraction of sp³-hybridized carbons (Fsp3) is 0.125. The number of hydrogen-bond donors (Lipinski definition) is 3. The number of hydrogen-bond acceptors (Lipinski definition) is 4. The molecule has 3 N–H and O–H groups in total. The first-order valence-electron chi connectivity index (χ1n) is 10.0. The number of benzene rings is 3. The molecule has 3 aromatic carbocycles. The highest BCUT2D eigenvalue weighted by molar-refractivity contribution is 6.30. The van der Waals surface area contributed by atoms with Gasteiger partial charge in [0.15, 0.2) is 5.39 Å². The van der Waals surface area contributed by atoms with E-state index in [4.69, 9.17) is 16.3 Å². The Bertz CT molecular complexity index is 1280. The number of carbonyl (C=O) groups excluding carboxylic acids is 1.